The molecule has 0 amide bonds. The number of aromatic nitrogens is 2. The van der Waals surface area contributed by atoms with Crippen molar-refractivity contribution in [2.45, 2.75) is 19.5 Å². The van der Waals surface area contributed by atoms with Crippen LogP contribution in [0.15, 0.2) is 35.3 Å². The zero-order valence-corrected chi connectivity index (χ0v) is 11.3. The lowest BCUT2D eigenvalue weighted by molar-refractivity contribution is 0.158. The molecule has 0 aliphatic rings. The van der Waals surface area contributed by atoms with Crippen LogP contribution in [-0.2, 0) is 11.3 Å². The van der Waals surface area contributed by atoms with Crippen LogP contribution in [0.25, 0.3) is 10.9 Å². The fourth-order valence-electron chi connectivity index (χ4n) is 2.18. The van der Waals surface area contributed by atoms with E-state index in [9.17, 15) is 4.79 Å². The van der Waals surface area contributed by atoms with Gasteiger partial charge < -0.3 is 10.1 Å². The molecule has 1 atom stereocenters. The molecule has 0 bridgehead atoms. The molecule has 19 heavy (non-hydrogen) atoms. The van der Waals surface area contributed by atoms with Crippen LogP contribution in [0.4, 0.5) is 0 Å². The number of methoxy groups -OCH3 is 1. The normalized spacial score (nSPS) is 12.7. The molecule has 0 spiro atoms. The van der Waals surface area contributed by atoms with E-state index in [2.05, 4.69) is 17.3 Å². The van der Waals surface area contributed by atoms with Crippen molar-refractivity contribution in [1.82, 2.24) is 15.1 Å². The maximum absolute atomic E-state index is 11.8. The lowest BCUT2D eigenvalue weighted by atomic mass is 10.2. The minimum Gasteiger partial charge on any atom is -0.383 e. The molecule has 102 valence electrons. The number of hydrogen-bond acceptors (Lipinski definition) is 4. The average molecular weight is 261 g/mol. The largest absolute Gasteiger partial charge is 0.383 e. The van der Waals surface area contributed by atoms with E-state index < -0.39 is 0 Å². The number of likely N-dealkylation sites (N-methyl/N-ethyl adjacent to an activating group) is 1. The zero-order chi connectivity index (χ0) is 13.7. The number of rotatable bonds is 6. The second kappa shape index (κ2) is 6.45. The van der Waals surface area contributed by atoms with Crippen LogP contribution in [0.1, 0.15) is 6.92 Å². The fourth-order valence-corrected chi connectivity index (χ4v) is 2.18. The molecule has 2 rings (SSSR count). The molecular weight excluding hydrogens is 242 g/mol. The predicted octanol–water partition coefficient (Wildman–Crippen LogP) is 1.02. The highest BCUT2D eigenvalue weighted by Gasteiger charge is 2.10. The van der Waals surface area contributed by atoms with E-state index in [0.717, 1.165) is 12.1 Å². The molecule has 0 aliphatic carbocycles. The van der Waals surface area contributed by atoms with Crippen molar-refractivity contribution in [2.75, 3.05) is 20.3 Å². The topological polar surface area (TPSA) is 56.1 Å². The van der Waals surface area contributed by atoms with Gasteiger partial charge in [-0.3, -0.25) is 9.48 Å². The van der Waals surface area contributed by atoms with Crippen LogP contribution in [-0.4, -0.2) is 36.1 Å². The lowest BCUT2D eigenvalue weighted by Gasteiger charge is -2.19. The highest BCUT2D eigenvalue weighted by molar-refractivity contribution is 5.77. The second-order valence-electron chi connectivity index (χ2n) is 4.42. The smallest absolute Gasteiger partial charge is 0.207 e. The summed E-state index contributed by atoms with van der Waals surface area (Å²) in [5.74, 6) is 0. The van der Waals surface area contributed by atoms with Crippen LogP contribution in [0, 0.1) is 0 Å². The van der Waals surface area contributed by atoms with E-state index in [1.807, 2.05) is 28.9 Å². The summed E-state index contributed by atoms with van der Waals surface area (Å²) in [6, 6.07) is 7.70. The van der Waals surface area contributed by atoms with Gasteiger partial charge in [0.15, 0.2) is 0 Å². The van der Waals surface area contributed by atoms with E-state index in [1.54, 1.807) is 7.11 Å². The van der Waals surface area contributed by atoms with Gasteiger partial charge in [0.05, 0.1) is 30.9 Å². The molecule has 5 nitrogen and oxygen atoms in total. The summed E-state index contributed by atoms with van der Waals surface area (Å²) in [7, 11) is 1.68. The molecular formula is C14H19N3O2. The summed E-state index contributed by atoms with van der Waals surface area (Å²) in [6.45, 7) is 4.20. The van der Waals surface area contributed by atoms with Crippen LogP contribution < -0.4 is 10.7 Å². The molecule has 0 aliphatic heterocycles. The number of hydrogen-bond donors (Lipinski definition) is 1. The molecule has 1 aromatic carbocycles. The van der Waals surface area contributed by atoms with E-state index in [-0.39, 0.29) is 11.5 Å². The Hall–Kier alpha value is -1.72. The predicted molar refractivity (Wildman–Crippen MR) is 75.3 cm³/mol. The van der Waals surface area contributed by atoms with Gasteiger partial charge in [-0.05, 0) is 18.7 Å². The van der Waals surface area contributed by atoms with Crippen LogP contribution in [0.5, 0.6) is 0 Å². The highest BCUT2D eigenvalue weighted by atomic mass is 16.5. The van der Waals surface area contributed by atoms with E-state index in [0.29, 0.717) is 18.5 Å². The number of nitrogens with one attached hydrogen (secondary N) is 1. The third-order valence-electron chi connectivity index (χ3n) is 3.02. The van der Waals surface area contributed by atoms with Gasteiger partial charge in [-0.2, -0.15) is 5.10 Å². The Morgan fingerprint density at radius 1 is 1.42 bits per heavy atom. The van der Waals surface area contributed by atoms with Gasteiger partial charge in [0.25, 0.3) is 0 Å². The molecule has 1 N–H and O–H groups in total. The van der Waals surface area contributed by atoms with Crippen LogP contribution >= 0.6 is 0 Å². The summed E-state index contributed by atoms with van der Waals surface area (Å²) >= 11 is 0. The molecule has 0 saturated heterocycles. The molecule has 2 aromatic rings. The molecule has 0 saturated carbocycles. The van der Waals surface area contributed by atoms with E-state index >= 15 is 0 Å². The molecule has 1 heterocycles. The van der Waals surface area contributed by atoms with Crippen LogP contribution in [0.2, 0.25) is 0 Å². The quantitative estimate of drug-likeness (QED) is 0.843. The molecule has 1 unspecified atom stereocenters. The second-order valence-corrected chi connectivity index (χ2v) is 4.42. The van der Waals surface area contributed by atoms with Gasteiger partial charge in [0.1, 0.15) is 0 Å². The number of fused-ring (bicyclic) bond motifs is 1. The van der Waals surface area contributed by atoms with Crippen molar-refractivity contribution in [3.8, 4) is 0 Å². The van der Waals surface area contributed by atoms with Crippen molar-refractivity contribution in [3.63, 3.8) is 0 Å². The SMILES string of the molecule is CCNC(COC)Cn1ncc(=O)c2ccccc21. The maximum Gasteiger partial charge on any atom is 0.207 e. The molecule has 1 aromatic heterocycles. The van der Waals surface area contributed by atoms with Gasteiger partial charge in [0, 0.05) is 12.5 Å². The minimum absolute atomic E-state index is 0.0430. The first-order valence-electron chi connectivity index (χ1n) is 6.43. The summed E-state index contributed by atoms with van der Waals surface area (Å²) < 4.78 is 7.05. The van der Waals surface area contributed by atoms with Crippen molar-refractivity contribution in [1.29, 1.82) is 0 Å². The number of benzene rings is 1. The Bertz CT molecular complexity index is 589. The Labute approximate surface area is 112 Å². The molecule has 0 radical (unpaired) electrons. The fraction of sp³-hybridized carbons (Fsp3) is 0.429. The van der Waals surface area contributed by atoms with Crippen molar-refractivity contribution in [3.05, 3.63) is 40.7 Å². The minimum atomic E-state index is -0.0430. The Morgan fingerprint density at radius 3 is 2.95 bits per heavy atom. The lowest BCUT2D eigenvalue weighted by Crippen LogP contribution is -2.37. The van der Waals surface area contributed by atoms with Crippen molar-refractivity contribution < 1.29 is 4.74 Å². The molecule has 5 heteroatoms. The van der Waals surface area contributed by atoms with Gasteiger partial charge >= 0.3 is 0 Å². The summed E-state index contributed by atoms with van der Waals surface area (Å²) in [5.41, 5.74) is 0.813. The highest BCUT2D eigenvalue weighted by Crippen LogP contribution is 2.08. The summed E-state index contributed by atoms with van der Waals surface area (Å²) in [5, 5.41) is 8.27. The Morgan fingerprint density at radius 2 is 2.21 bits per heavy atom. The van der Waals surface area contributed by atoms with Crippen LogP contribution in [0.3, 0.4) is 0 Å². The number of nitrogens with zero attached hydrogens (tertiary/aromatic N) is 2. The first kappa shape index (κ1) is 13.7. The maximum atomic E-state index is 11.8. The van der Waals surface area contributed by atoms with Crippen molar-refractivity contribution >= 4 is 10.9 Å². The summed E-state index contributed by atoms with van der Waals surface area (Å²) in [6.07, 6.45) is 1.37. The number of para-hydroxylation sites is 1. The van der Waals surface area contributed by atoms with Gasteiger partial charge in [-0.1, -0.05) is 19.1 Å². The van der Waals surface area contributed by atoms with E-state index in [1.165, 1.54) is 6.20 Å². The van der Waals surface area contributed by atoms with Gasteiger partial charge in [-0.15, -0.1) is 0 Å². The van der Waals surface area contributed by atoms with Gasteiger partial charge in [0.2, 0.25) is 5.43 Å². The standard InChI is InChI=1S/C14H19N3O2/c1-3-15-11(10-19-2)9-17-13-7-5-4-6-12(13)14(18)8-16-17/h4-8,11,15H,3,9-10H2,1-2H3. The van der Waals surface area contributed by atoms with E-state index in [4.69, 9.17) is 4.74 Å². The third-order valence-corrected chi connectivity index (χ3v) is 3.02. The summed E-state index contributed by atoms with van der Waals surface area (Å²) in [4.78, 5) is 11.8. The zero-order valence-electron chi connectivity index (χ0n) is 11.3. The Kier molecular flexibility index (Phi) is 4.65. The first-order valence-corrected chi connectivity index (χ1v) is 6.43. The monoisotopic (exact) mass is 261 g/mol. The average Bonchev–Trinajstić information content (AvgIpc) is 2.43. The van der Waals surface area contributed by atoms with Gasteiger partial charge in [-0.25, -0.2) is 0 Å². The van der Waals surface area contributed by atoms with Crippen molar-refractivity contribution in [2.24, 2.45) is 0 Å². The third kappa shape index (κ3) is 3.19. The number of ether oxygens (including phenoxy) is 1. The first-order chi connectivity index (χ1) is 9.26. The molecule has 0 fully saturated rings. The Balaban J connectivity index is 2.34.